The highest BCUT2D eigenvalue weighted by Gasteiger charge is 2.25. The Labute approximate surface area is 106 Å². The Hall–Kier alpha value is -1.18. The van der Waals surface area contributed by atoms with E-state index >= 15 is 0 Å². The Balaban J connectivity index is 3.06. The van der Waals surface area contributed by atoms with E-state index in [1.54, 1.807) is 6.92 Å². The molecule has 7 heteroatoms. The second kappa shape index (κ2) is 5.64. The van der Waals surface area contributed by atoms with Gasteiger partial charge in [-0.3, -0.25) is 0 Å². The Morgan fingerprint density at radius 3 is 2.61 bits per heavy atom. The van der Waals surface area contributed by atoms with E-state index in [2.05, 4.69) is 0 Å². The van der Waals surface area contributed by atoms with Gasteiger partial charge in [-0.05, 0) is 25.1 Å². The first-order valence-electron chi connectivity index (χ1n) is 5.33. The normalized spacial score (nSPS) is 13.8. The number of likely N-dealkylation sites (N-methyl/N-ethyl adjacent to an activating group) is 1. The summed E-state index contributed by atoms with van der Waals surface area (Å²) in [6.07, 6.45) is -0.276. The minimum Gasteiger partial charge on any atom is -0.399 e. The molecule has 0 aliphatic carbocycles. The lowest BCUT2D eigenvalue weighted by Crippen LogP contribution is -2.34. The third-order valence-electron chi connectivity index (χ3n) is 2.56. The standard InChI is InChI=1S/C11H17FN2O3S/c1-8(17-3)7-14(2)18(15,16)11-5-4-9(13)6-10(11)12/h4-6,8H,7,13H2,1-3H3. The number of benzene rings is 1. The lowest BCUT2D eigenvalue weighted by molar-refractivity contribution is 0.104. The third kappa shape index (κ3) is 3.18. The average molecular weight is 276 g/mol. The smallest absolute Gasteiger partial charge is 0.245 e. The van der Waals surface area contributed by atoms with Crippen molar-refractivity contribution >= 4 is 15.7 Å². The number of hydrogen-bond donors (Lipinski definition) is 1. The zero-order valence-corrected chi connectivity index (χ0v) is 11.4. The van der Waals surface area contributed by atoms with Gasteiger partial charge >= 0.3 is 0 Å². The van der Waals surface area contributed by atoms with Crippen LogP contribution in [-0.4, -0.2) is 39.5 Å². The van der Waals surface area contributed by atoms with Crippen molar-refractivity contribution in [2.24, 2.45) is 0 Å². The molecule has 0 aliphatic heterocycles. The molecule has 1 aromatic rings. The molecule has 0 saturated carbocycles. The average Bonchev–Trinajstić information content (AvgIpc) is 2.28. The summed E-state index contributed by atoms with van der Waals surface area (Å²) in [6.45, 7) is 1.87. The van der Waals surface area contributed by atoms with Crippen LogP contribution in [0.5, 0.6) is 0 Å². The van der Waals surface area contributed by atoms with Gasteiger partial charge in [-0.15, -0.1) is 0 Å². The van der Waals surface area contributed by atoms with Crippen molar-refractivity contribution in [3.05, 3.63) is 24.0 Å². The number of nitrogens with zero attached hydrogens (tertiary/aromatic N) is 1. The number of anilines is 1. The highest BCUT2D eigenvalue weighted by atomic mass is 32.2. The fourth-order valence-electron chi connectivity index (χ4n) is 1.43. The summed E-state index contributed by atoms with van der Waals surface area (Å²) in [5, 5.41) is 0. The number of sulfonamides is 1. The van der Waals surface area contributed by atoms with E-state index in [1.165, 1.54) is 20.2 Å². The van der Waals surface area contributed by atoms with Crippen LogP contribution < -0.4 is 5.73 Å². The summed E-state index contributed by atoms with van der Waals surface area (Å²) >= 11 is 0. The number of nitrogen functional groups attached to an aromatic ring is 1. The van der Waals surface area contributed by atoms with E-state index in [0.717, 1.165) is 16.4 Å². The van der Waals surface area contributed by atoms with E-state index in [1.807, 2.05) is 0 Å². The molecule has 0 amide bonds. The molecule has 0 radical (unpaired) electrons. The molecule has 102 valence electrons. The molecule has 2 N–H and O–H groups in total. The van der Waals surface area contributed by atoms with Crippen LogP contribution in [-0.2, 0) is 14.8 Å². The molecule has 0 aromatic heterocycles. The fraction of sp³-hybridized carbons (Fsp3) is 0.455. The molecule has 0 saturated heterocycles. The van der Waals surface area contributed by atoms with Crippen LogP contribution in [0.4, 0.5) is 10.1 Å². The van der Waals surface area contributed by atoms with E-state index in [0.29, 0.717) is 0 Å². The van der Waals surface area contributed by atoms with Gasteiger partial charge in [-0.1, -0.05) is 0 Å². The Morgan fingerprint density at radius 1 is 1.50 bits per heavy atom. The van der Waals surface area contributed by atoms with Crippen LogP contribution in [0.15, 0.2) is 23.1 Å². The molecule has 1 aromatic carbocycles. The molecule has 1 unspecified atom stereocenters. The maximum Gasteiger partial charge on any atom is 0.245 e. The summed E-state index contributed by atoms with van der Waals surface area (Å²) in [5.74, 6) is -0.855. The quantitative estimate of drug-likeness (QED) is 0.816. The number of halogens is 1. The summed E-state index contributed by atoms with van der Waals surface area (Å²) < 4.78 is 43.9. The molecular formula is C11H17FN2O3S. The first kappa shape index (κ1) is 14.9. The molecule has 5 nitrogen and oxygen atoms in total. The predicted molar refractivity (Wildman–Crippen MR) is 67.1 cm³/mol. The van der Waals surface area contributed by atoms with Crippen LogP contribution in [0.2, 0.25) is 0 Å². The predicted octanol–water partition coefficient (Wildman–Crippen LogP) is 1.06. The summed E-state index contributed by atoms with van der Waals surface area (Å²) in [5.41, 5.74) is 5.56. The molecule has 0 bridgehead atoms. The minimum absolute atomic E-state index is 0.142. The van der Waals surface area contributed by atoms with Crippen LogP contribution in [0.1, 0.15) is 6.92 Å². The highest BCUT2D eigenvalue weighted by molar-refractivity contribution is 7.89. The molecule has 1 atom stereocenters. The molecule has 0 fully saturated rings. The number of nitrogens with two attached hydrogens (primary N) is 1. The number of hydrogen-bond acceptors (Lipinski definition) is 4. The zero-order valence-electron chi connectivity index (χ0n) is 10.6. The van der Waals surface area contributed by atoms with Gasteiger partial charge in [0.25, 0.3) is 0 Å². The van der Waals surface area contributed by atoms with Crippen molar-refractivity contribution in [3.63, 3.8) is 0 Å². The molecule has 1 rings (SSSR count). The van der Waals surface area contributed by atoms with Crippen LogP contribution >= 0.6 is 0 Å². The van der Waals surface area contributed by atoms with Gasteiger partial charge in [0, 0.05) is 26.4 Å². The number of rotatable bonds is 5. The second-order valence-corrected chi connectivity index (χ2v) is 6.04. The molecule has 0 spiro atoms. The van der Waals surface area contributed by atoms with Crippen LogP contribution in [0.25, 0.3) is 0 Å². The monoisotopic (exact) mass is 276 g/mol. The third-order valence-corrected chi connectivity index (χ3v) is 4.42. The van der Waals surface area contributed by atoms with Crippen molar-refractivity contribution in [2.75, 3.05) is 26.4 Å². The van der Waals surface area contributed by atoms with E-state index < -0.39 is 15.8 Å². The summed E-state index contributed by atoms with van der Waals surface area (Å²) in [4.78, 5) is -0.387. The van der Waals surface area contributed by atoms with Crippen LogP contribution in [0.3, 0.4) is 0 Å². The van der Waals surface area contributed by atoms with Gasteiger partial charge in [0.15, 0.2) is 0 Å². The van der Waals surface area contributed by atoms with Crippen molar-refractivity contribution < 1.29 is 17.5 Å². The maximum atomic E-state index is 13.6. The maximum absolute atomic E-state index is 13.6. The first-order chi connectivity index (χ1) is 8.28. The van der Waals surface area contributed by atoms with Crippen molar-refractivity contribution in [3.8, 4) is 0 Å². The lowest BCUT2D eigenvalue weighted by atomic mass is 10.3. The largest absolute Gasteiger partial charge is 0.399 e. The molecule has 0 aliphatic rings. The second-order valence-electron chi connectivity index (χ2n) is 4.02. The van der Waals surface area contributed by atoms with Crippen molar-refractivity contribution in [1.29, 1.82) is 0 Å². The van der Waals surface area contributed by atoms with E-state index in [4.69, 9.17) is 10.5 Å². The van der Waals surface area contributed by atoms with Gasteiger partial charge in [0.05, 0.1) is 6.10 Å². The molecule has 18 heavy (non-hydrogen) atoms. The van der Waals surface area contributed by atoms with Gasteiger partial charge in [0.2, 0.25) is 10.0 Å². The SMILES string of the molecule is COC(C)CN(C)S(=O)(=O)c1ccc(N)cc1F. The Kier molecular flexibility index (Phi) is 4.66. The highest BCUT2D eigenvalue weighted by Crippen LogP contribution is 2.20. The topological polar surface area (TPSA) is 72.6 Å². The lowest BCUT2D eigenvalue weighted by Gasteiger charge is -2.20. The molecule has 0 heterocycles. The minimum atomic E-state index is -3.87. The Morgan fingerprint density at radius 2 is 2.11 bits per heavy atom. The molecular weight excluding hydrogens is 259 g/mol. The van der Waals surface area contributed by atoms with E-state index in [-0.39, 0.29) is 23.2 Å². The van der Waals surface area contributed by atoms with Crippen LogP contribution in [0, 0.1) is 5.82 Å². The van der Waals surface area contributed by atoms with Crippen molar-refractivity contribution in [2.45, 2.75) is 17.9 Å². The van der Waals surface area contributed by atoms with Gasteiger partial charge < -0.3 is 10.5 Å². The van der Waals surface area contributed by atoms with E-state index in [9.17, 15) is 12.8 Å². The van der Waals surface area contributed by atoms with Gasteiger partial charge in [0.1, 0.15) is 10.7 Å². The Bertz CT molecular complexity index is 519. The summed E-state index contributed by atoms with van der Waals surface area (Å²) in [6, 6.07) is 3.50. The van der Waals surface area contributed by atoms with Gasteiger partial charge in [-0.25, -0.2) is 12.8 Å². The number of methoxy groups -OCH3 is 1. The summed E-state index contributed by atoms with van der Waals surface area (Å²) in [7, 11) is -1.01. The van der Waals surface area contributed by atoms with Crippen molar-refractivity contribution in [1.82, 2.24) is 4.31 Å². The fourth-order valence-corrected chi connectivity index (χ4v) is 2.72. The zero-order chi connectivity index (χ0) is 13.9. The number of ether oxygens (including phenoxy) is 1. The first-order valence-corrected chi connectivity index (χ1v) is 6.77. The van der Waals surface area contributed by atoms with Gasteiger partial charge in [-0.2, -0.15) is 4.31 Å².